The van der Waals surface area contributed by atoms with E-state index in [-0.39, 0.29) is 22.4 Å². The van der Waals surface area contributed by atoms with Crippen LogP contribution < -0.4 is 5.32 Å². The Balaban J connectivity index is 1.95. The first kappa shape index (κ1) is 16.8. The molecule has 2 aromatic heterocycles. The normalized spacial score (nSPS) is 10.7. The summed E-state index contributed by atoms with van der Waals surface area (Å²) in [6.07, 6.45) is 2.70. The molecule has 0 saturated heterocycles. The number of ether oxygens (including phenoxy) is 1. The van der Waals surface area contributed by atoms with Gasteiger partial charge in [0.2, 0.25) is 5.91 Å². The Labute approximate surface area is 138 Å². The Bertz CT molecular complexity index is 765. The van der Waals surface area contributed by atoms with Gasteiger partial charge in [-0.15, -0.1) is 11.3 Å². The molecule has 2 rings (SSSR count). The van der Waals surface area contributed by atoms with Gasteiger partial charge >= 0.3 is 11.0 Å². The monoisotopic (exact) mass is 353 g/mol. The fourth-order valence-corrected chi connectivity index (χ4v) is 2.87. The number of nitrogens with zero attached hydrogens (tertiary/aromatic N) is 2. The number of thiazole rings is 1. The Kier molecular flexibility index (Phi) is 5.55. The van der Waals surface area contributed by atoms with Gasteiger partial charge in [-0.1, -0.05) is 11.3 Å². The number of esters is 1. The van der Waals surface area contributed by atoms with Crippen LogP contribution in [0.1, 0.15) is 22.3 Å². The summed E-state index contributed by atoms with van der Waals surface area (Å²) in [6, 6.07) is 2.92. The lowest BCUT2D eigenvalue weighted by atomic mass is 10.4. The lowest BCUT2D eigenvalue weighted by molar-refractivity contribution is -0.380. The highest BCUT2D eigenvalue weighted by atomic mass is 32.1. The molecule has 0 aromatic carbocycles. The van der Waals surface area contributed by atoms with E-state index in [1.165, 1.54) is 23.6 Å². The van der Waals surface area contributed by atoms with Crippen LogP contribution in [0.3, 0.4) is 0 Å². The van der Waals surface area contributed by atoms with E-state index in [0.717, 1.165) is 22.7 Å². The third-order valence-electron chi connectivity index (χ3n) is 2.41. The molecule has 120 valence electrons. The maximum Gasteiger partial charge on any atom is 0.357 e. The van der Waals surface area contributed by atoms with Gasteiger partial charge in [0.1, 0.15) is 0 Å². The molecule has 23 heavy (non-hydrogen) atoms. The van der Waals surface area contributed by atoms with Crippen LogP contribution in [0.4, 0.5) is 10.1 Å². The third kappa shape index (κ3) is 4.69. The highest BCUT2D eigenvalue weighted by Gasteiger charge is 2.12. The molecular weight excluding hydrogens is 342 g/mol. The standard InChI is InChI=1S/C13H11N3O5S2/c1-2-21-12(18)9-7-22-13(14-9)15-10(17)5-3-8-4-6-11(23-8)16(19)20/h3-7H,2H2,1H3,(H,14,15,17). The molecule has 0 saturated carbocycles. The molecule has 8 nitrogen and oxygen atoms in total. The van der Waals surface area contributed by atoms with Crippen molar-refractivity contribution < 1.29 is 19.2 Å². The molecule has 0 spiro atoms. The second-order valence-electron chi connectivity index (χ2n) is 4.01. The summed E-state index contributed by atoms with van der Waals surface area (Å²) in [5.41, 5.74) is 0.130. The van der Waals surface area contributed by atoms with Crippen LogP contribution in [-0.4, -0.2) is 28.4 Å². The zero-order valence-electron chi connectivity index (χ0n) is 11.8. The van der Waals surface area contributed by atoms with Crippen molar-refractivity contribution in [2.45, 2.75) is 6.92 Å². The average Bonchev–Trinajstić information content (AvgIpc) is 3.14. The molecule has 2 heterocycles. The summed E-state index contributed by atoms with van der Waals surface area (Å²) in [6.45, 7) is 1.93. The molecule has 0 bridgehead atoms. The van der Waals surface area contributed by atoms with Gasteiger partial charge in [0, 0.05) is 22.4 Å². The zero-order valence-corrected chi connectivity index (χ0v) is 13.5. The average molecular weight is 353 g/mol. The molecule has 0 atom stereocenters. The van der Waals surface area contributed by atoms with E-state index < -0.39 is 16.8 Å². The van der Waals surface area contributed by atoms with Crippen molar-refractivity contribution in [1.29, 1.82) is 0 Å². The summed E-state index contributed by atoms with van der Waals surface area (Å²) in [4.78, 5) is 37.8. The fourth-order valence-electron chi connectivity index (χ4n) is 1.46. The van der Waals surface area contributed by atoms with Crippen molar-refractivity contribution in [2.75, 3.05) is 11.9 Å². The Morgan fingerprint density at radius 2 is 2.26 bits per heavy atom. The molecule has 10 heteroatoms. The SMILES string of the molecule is CCOC(=O)c1csc(NC(=O)C=Cc2ccc([N+](=O)[O-])s2)n1. The van der Waals surface area contributed by atoms with Crippen LogP contribution in [0.5, 0.6) is 0 Å². The highest BCUT2D eigenvalue weighted by molar-refractivity contribution is 7.16. The van der Waals surface area contributed by atoms with E-state index in [1.54, 1.807) is 13.0 Å². The largest absolute Gasteiger partial charge is 0.461 e. The number of nitro groups is 1. The number of carbonyl (C=O) groups excluding carboxylic acids is 2. The van der Waals surface area contributed by atoms with Gasteiger partial charge in [-0.05, 0) is 19.1 Å². The Morgan fingerprint density at radius 3 is 2.91 bits per heavy atom. The van der Waals surface area contributed by atoms with Gasteiger partial charge in [-0.25, -0.2) is 9.78 Å². The van der Waals surface area contributed by atoms with Gasteiger partial charge in [0.15, 0.2) is 10.8 Å². The van der Waals surface area contributed by atoms with Gasteiger partial charge in [-0.3, -0.25) is 20.2 Å². The summed E-state index contributed by atoms with van der Waals surface area (Å²) in [7, 11) is 0. The number of hydrogen-bond donors (Lipinski definition) is 1. The second kappa shape index (κ2) is 7.61. The van der Waals surface area contributed by atoms with Crippen molar-refractivity contribution in [3.8, 4) is 0 Å². The first-order valence-electron chi connectivity index (χ1n) is 6.35. The summed E-state index contributed by atoms with van der Waals surface area (Å²) < 4.78 is 4.80. The van der Waals surface area contributed by atoms with Crippen molar-refractivity contribution >= 4 is 50.8 Å². The molecule has 0 aliphatic carbocycles. The number of anilines is 1. The predicted octanol–water partition coefficient (Wildman–Crippen LogP) is 2.94. The van der Waals surface area contributed by atoms with Crippen LogP contribution in [0, 0.1) is 10.1 Å². The van der Waals surface area contributed by atoms with E-state index in [2.05, 4.69) is 10.3 Å². The van der Waals surface area contributed by atoms with Crippen molar-refractivity contribution in [3.63, 3.8) is 0 Å². The highest BCUT2D eigenvalue weighted by Crippen LogP contribution is 2.24. The van der Waals surface area contributed by atoms with E-state index in [0.29, 0.717) is 4.88 Å². The number of nitrogens with one attached hydrogen (secondary N) is 1. The molecule has 1 N–H and O–H groups in total. The Morgan fingerprint density at radius 1 is 1.48 bits per heavy atom. The summed E-state index contributed by atoms with van der Waals surface area (Å²) >= 11 is 2.06. The molecule has 0 aliphatic rings. The van der Waals surface area contributed by atoms with E-state index in [1.807, 2.05) is 0 Å². The first-order valence-corrected chi connectivity index (χ1v) is 8.05. The number of aromatic nitrogens is 1. The van der Waals surface area contributed by atoms with Crippen molar-refractivity contribution in [1.82, 2.24) is 4.98 Å². The second-order valence-corrected chi connectivity index (χ2v) is 5.97. The maximum atomic E-state index is 11.8. The molecular formula is C13H11N3O5S2. The topological polar surface area (TPSA) is 111 Å². The number of thiophene rings is 1. The molecule has 0 aliphatic heterocycles. The third-order valence-corrected chi connectivity index (χ3v) is 4.17. The molecule has 0 radical (unpaired) electrons. The van der Waals surface area contributed by atoms with Gasteiger partial charge in [0.05, 0.1) is 11.5 Å². The van der Waals surface area contributed by atoms with Crippen molar-refractivity contribution in [2.24, 2.45) is 0 Å². The number of amides is 1. The van der Waals surface area contributed by atoms with Gasteiger partial charge in [0.25, 0.3) is 0 Å². The molecule has 0 fully saturated rings. The van der Waals surface area contributed by atoms with Crippen LogP contribution >= 0.6 is 22.7 Å². The predicted molar refractivity (Wildman–Crippen MR) is 86.7 cm³/mol. The smallest absolute Gasteiger partial charge is 0.357 e. The maximum absolute atomic E-state index is 11.8. The van der Waals surface area contributed by atoms with Crippen LogP contribution in [-0.2, 0) is 9.53 Å². The fraction of sp³-hybridized carbons (Fsp3) is 0.154. The minimum atomic E-state index is -0.550. The Hall–Kier alpha value is -2.59. The summed E-state index contributed by atoms with van der Waals surface area (Å²) in [5.74, 6) is -1.00. The number of carbonyl (C=O) groups is 2. The zero-order chi connectivity index (χ0) is 16.8. The first-order chi connectivity index (χ1) is 11.0. The van der Waals surface area contributed by atoms with Crippen molar-refractivity contribution in [3.05, 3.63) is 44.3 Å². The summed E-state index contributed by atoms with van der Waals surface area (Å²) in [5, 5.41) is 14.8. The van der Waals surface area contributed by atoms with E-state index in [9.17, 15) is 19.7 Å². The molecule has 1 amide bonds. The van der Waals surface area contributed by atoms with Gasteiger partial charge in [-0.2, -0.15) is 0 Å². The van der Waals surface area contributed by atoms with E-state index >= 15 is 0 Å². The van der Waals surface area contributed by atoms with Crippen LogP contribution in [0.2, 0.25) is 0 Å². The lowest BCUT2D eigenvalue weighted by Crippen LogP contribution is -2.09. The van der Waals surface area contributed by atoms with Crippen LogP contribution in [0.15, 0.2) is 23.6 Å². The minimum absolute atomic E-state index is 0.00376. The quantitative estimate of drug-likeness (QED) is 0.370. The number of rotatable bonds is 6. The van der Waals surface area contributed by atoms with E-state index in [4.69, 9.17) is 4.74 Å². The van der Waals surface area contributed by atoms with Gasteiger partial charge < -0.3 is 4.74 Å². The molecule has 2 aromatic rings. The molecule has 0 unspecified atom stereocenters. The van der Waals surface area contributed by atoms with Crippen LogP contribution in [0.25, 0.3) is 6.08 Å². The lowest BCUT2D eigenvalue weighted by Gasteiger charge is -1.97. The minimum Gasteiger partial charge on any atom is -0.461 e. The number of hydrogen-bond acceptors (Lipinski definition) is 8.